The van der Waals surface area contributed by atoms with Crippen molar-refractivity contribution in [3.8, 4) is 11.5 Å². The molecule has 3 rings (SSSR count). The minimum atomic E-state index is 0.542. The third kappa shape index (κ3) is 4.54. The number of nitrogens with zero attached hydrogens (tertiary/aromatic N) is 2. The van der Waals surface area contributed by atoms with Crippen LogP contribution in [0.5, 0.6) is 11.5 Å². The van der Waals surface area contributed by atoms with Crippen LogP contribution in [0.25, 0.3) is 0 Å². The molecule has 25 heavy (non-hydrogen) atoms. The van der Waals surface area contributed by atoms with E-state index in [9.17, 15) is 0 Å². The van der Waals surface area contributed by atoms with Crippen LogP contribution in [0.2, 0.25) is 0 Å². The van der Waals surface area contributed by atoms with Gasteiger partial charge in [-0.1, -0.05) is 36.9 Å². The van der Waals surface area contributed by atoms with E-state index in [2.05, 4.69) is 40.6 Å². The van der Waals surface area contributed by atoms with E-state index in [0.717, 1.165) is 44.2 Å². The van der Waals surface area contributed by atoms with Gasteiger partial charge >= 0.3 is 0 Å². The van der Waals surface area contributed by atoms with Crippen LogP contribution in [0.4, 0.5) is 5.69 Å². The minimum absolute atomic E-state index is 0.542. The maximum atomic E-state index is 5.77. The van der Waals surface area contributed by atoms with E-state index >= 15 is 0 Å². The molecule has 0 spiro atoms. The fourth-order valence-corrected chi connectivity index (χ4v) is 3.14. The first kappa shape index (κ1) is 17.4. The molecule has 0 aromatic heterocycles. The molecule has 0 saturated carbocycles. The molecule has 2 aromatic rings. The summed E-state index contributed by atoms with van der Waals surface area (Å²) in [6, 6.07) is 16.6. The van der Waals surface area contributed by atoms with Gasteiger partial charge in [-0.2, -0.15) is 0 Å². The number of hydrogen-bond acceptors (Lipinski definition) is 4. The average Bonchev–Trinajstić information content (AvgIpc) is 2.68. The summed E-state index contributed by atoms with van der Waals surface area (Å²) in [5.74, 6) is 1.87. The second kappa shape index (κ2) is 8.58. The molecule has 0 radical (unpaired) electrons. The van der Waals surface area contributed by atoms with Crippen LogP contribution in [0.3, 0.4) is 0 Å². The lowest BCUT2D eigenvalue weighted by atomic mass is 10.1. The zero-order valence-corrected chi connectivity index (χ0v) is 14.9. The molecule has 0 amide bonds. The highest BCUT2D eigenvalue weighted by molar-refractivity contribution is 5.51. The first-order valence-electron chi connectivity index (χ1n) is 8.73. The molecule has 0 unspecified atom stereocenters. The molecule has 1 aliphatic rings. The Balaban J connectivity index is 1.58. The second-order valence-corrected chi connectivity index (χ2v) is 6.17. The van der Waals surface area contributed by atoms with E-state index in [1.54, 1.807) is 13.2 Å². The van der Waals surface area contributed by atoms with E-state index in [1.165, 1.54) is 11.3 Å². The quantitative estimate of drug-likeness (QED) is 0.721. The molecule has 0 bridgehead atoms. The summed E-state index contributed by atoms with van der Waals surface area (Å²) in [7, 11) is 1.71. The van der Waals surface area contributed by atoms with Crippen LogP contribution in [0.1, 0.15) is 5.56 Å². The fourth-order valence-electron chi connectivity index (χ4n) is 3.14. The van der Waals surface area contributed by atoms with E-state index < -0.39 is 0 Å². The summed E-state index contributed by atoms with van der Waals surface area (Å²) < 4.78 is 11.1. The monoisotopic (exact) mass is 338 g/mol. The number of methoxy groups -OCH3 is 1. The van der Waals surface area contributed by atoms with Crippen LogP contribution in [-0.2, 0) is 6.54 Å². The van der Waals surface area contributed by atoms with Gasteiger partial charge in [-0.3, -0.25) is 4.90 Å². The van der Waals surface area contributed by atoms with Gasteiger partial charge in [0.2, 0.25) is 0 Å². The number of piperazine rings is 1. The predicted molar refractivity (Wildman–Crippen MR) is 103 cm³/mol. The molecule has 132 valence electrons. The SMILES string of the molecule is C=CCOc1ccccc1CN1CCN(c2cccc(OC)c2)CC1. The summed E-state index contributed by atoms with van der Waals surface area (Å²) in [6.07, 6.45) is 1.78. The lowest BCUT2D eigenvalue weighted by Crippen LogP contribution is -2.46. The standard InChI is InChI=1S/C21H26N2O2/c1-3-15-25-21-10-5-4-7-18(21)17-22-11-13-23(14-12-22)19-8-6-9-20(16-19)24-2/h3-10,16H,1,11-15,17H2,2H3. The van der Waals surface area contributed by atoms with Gasteiger partial charge in [-0.25, -0.2) is 0 Å². The van der Waals surface area contributed by atoms with Crippen LogP contribution in [0.15, 0.2) is 61.2 Å². The molecule has 2 aromatic carbocycles. The van der Waals surface area contributed by atoms with E-state index in [1.807, 2.05) is 24.3 Å². The first-order chi connectivity index (χ1) is 12.3. The van der Waals surface area contributed by atoms with Crippen LogP contribution in [0, 0.1) is 0 Å². The van der Waals surface area contributed by atoms with Crippen molar-refractivity contribution in [2.75, 3.05) is 44.8 Å². The second-order valence-electron chi connectivity index (χ2n) is 6.17. The zero-order chi connectivity index (χ0) is 17.5. The van der Waals surface area contributed by atoms with Gasteiger partial charge < -0.3 is 14.4 Å². The normalized spacial score (nSPS) is 15.0. The summed E-state index contributed by atoms with van der Waals surface area (Å²) in [6.45, 7) is 9.28. The molecule has 1 heterocycles. The summed E-state index contributed by atoms with van der Waals surface area (Å²) in [4.78, 5) is 4.89. The maximum Gasteiger partial charge on any atom is 0.124 e. The lowest BCUT2D eigenvalue weighted by molar-refractivity contribution is 0.244. The minimum Gasteiger partial charge on any atom is -0.497 e. The topological polar surface area (TPSA) is 24.9 Å². The van der Waals surface area contributed by atoms with Gasteiger partial charge in [-0.05, 0) is 18.2 Å². The Labute approximate surface area is 150 Å². The summed E-state index contributed by atoms with van der Waals surface area (Å²) in [5.41, 5.74) is 2.47. The van der Waals surface area contributed by atoms with E-state index in [4.69, 9.17) is 9.47 Å². The Bertz CT molecular complexity index is 694. The van der Waals surface area contributed by atoms with E-state index in [-0.39, 0.29) is 0 Å². The number of para-hydroxylation sites is 1. The maximum absolute atomic E-state index is 5.77. The van der Waals surface area contributed by atoms with Gasteiger partial charge in [0.15, 0.2) is 0 Å². The third-order valence-electron chi connectivity index (χ3n) is 4.51. The highest BCUT2D eigenvalue weighted by atomic mass is 16.5. The molecule has 0 atom stereocenters. The van der Waals surface area contributed by atoms with Gasteiger partial charge in [0.1, 0.15) is 18.1 Å². The molecule has 4 nitrogen and oxygen atoms in total. The summed E-state index contributed by atoms with van der Waals surface area (Å²) in [5, 5.41) is 0. The van der Waals surface area contributed by atoms with Crippen LogP contribution >= 0.6 is 0 Å². The van der Waals surface area contributed by atoms with Crippen molar-refractivity contribution in [1.29, 1.82) is 0 Å². The van der Waals surface area contributed by atoms with Gasteiger partial charge in [0, 0.05) is 50.0 Å². The van der Waals surface area contributed by atoms with Crippen molar-refractivity contribution in [1.82, 2.24) is 4.90 Å². The largest absolute Gasteiger partial charge is 0.497 e. The smallest absolute Gasteiger partial charge is 0.124 e. The highest BCUT2D eigenvalue weighted by Gasteiger charge is 2.18. The summed E-state index contributed by atoms with van der Waals surface area (Å²) >= 11 is 0. The van der Waals surface area contributed by atoms with Gasteiger partial charge in [-0.15, -0.1) is 0 Å². The van der Waals surface area contributed by atoms with Crippen molar-refractivity contribution in [3.63, 3.8) is 0 Å². The first-order valence-corrected chi connectivity index (χ1v) is 8.73. The van der Waals surface area contributed by atoms with Crippen molar-refractivity contribution in [2.24, 2.45) is 0 Å². The van der Waals surface area contributed by atoms with Crippen LogP contribution in [-0.4, -0.2) is 44.8 Å². The molecular weight excluding hydrogens is 312 g/mol. The van der Waals surface area contributed by atoms with E-state index in [0.29, 0.717) is 6.61 Å². The van der Waals surface area contributed by atoms with Crippen LogP contribution < -0.4 is 14.4 Å². The number of hydrogen-bond donors (Lipinski definition) is 0. The molecule has 0 N–H and O–H groups in total. The average molecular weight is 338 g/mol. The molecule has 4 heteroatoms. The highest BCUT2D eigenvalue weighted by Crippen LogP contribution is 2.24. The number of ether oxygens (including phenoxy) is 2. The zero-order valence-electron chi connectivity index (χ0n) is 14.9. The molecule has 0 aliphatic carbocycles. The fraction of sp³-hybridized carbons (Fsp3) is 0.333. The van der Waals surface area contributed by atoms with Gasteiger partial charge in [0.05, 0.1) is 7.11 Å². The molecule has 1 saturated heterocycles. The predicted octanol–water partition coefficient (Wildman–Crippen LogP) is 3.58. The Morgan fingerprint density at radius 1 is 1.04 bits per heavy atom. The number of anilines is 1. The Hall–Kier alpha value is -2.46. The number of benzene rings is 2. The Kier molecular flexibility index (Phi) is 5.96. The Morgan fingerprint density at radius 2 is 1.84 bits per heavy atom. The molecule has 1 aliphatic heterocycles. The van der Waals surface area contributed by atoms with Gasteiger partial charge in [0.25, 0.3) is 0 Å². The van der Waals surface area contributed by atoms with Crippen molar-refractivity contribution in [2.45, 2.75) is 6.54 Å². The van der Waals surface area contributed by atoms with Crippen molar-refractivity contribution >= 4 is 5.69 Å². The molecular formula is C21H26N2O2. The third-order valence-corrected chi connectivity index (χ3v) is 4.51. The van der Waals surface area contributed by atoms with Crippen molar-refractivity contribution < 1.29 is 9.47 Å². The number of rotatable bonds is 7. The lowest BCUT2D eigenvalue weighted by Gasteiger charge is -2.36. The van der Waals surface area contributed by atoms with Crippen molar-refractivity contribution in [3.05, 3.63) is 66.7 Å². The Morgan fingerprint density at radius 3 is 2.60 bits per heavy atom. The molecule has 1 fully saturated rings.